The lowest BCUT2D eigenvalue weighted by molar-refractivity contribution is -0.140. The van der Waals surface area contributed by atoms with Gasteiger partial charge in [0.05, 0.1) is 10.6 Å². The van der Waals surface area contributed by atoms with E-state index in [0.29, 0.717) is 18.8 Å². The van der Waals surface area contributed by atoms with Gasteiger partial charge in [-0.15, -0.1) is 0 Å². The van der Waals surface area contributed by atoms with Crippen molar-refractivity contribution in [2.24, 2.45) is 0 Å². The van der Waals surface area contributed by atoms with Crippen molar-refractivity contribution < 1.29 is 31.9 Å². The minimum atomic E-state index is -4.36. The lowest BCUT2D eigenvalue weighted by atomic mass is 9.95. The summed E-state index contributed by atoms with van der Waals surface area (Å²) in [6.45, 7) is 3.89. The Kier molecular flexibility index (Phi) is 10.3. The zero-order valence-corrected chi connectivity index (χ0v) is 26.5. The number of benzene rings is 3. The van der Waals surface area contributed by atoms with Crippen molar-refractivity contribution in [2.75, 3.05) is 24.1 Å². The van der Waals surface area contributed by atoms with Crippen LogP contribution in [0.3, 0.4) is 0 Å². The van der Waals surface area contributed by atoms with Crippen molar-refractivity contribution in [3.05, 3.63) is 83.7 Å². The number of aryl methyl sites for hydroxylation is 1. The third-order valence-corrected chi connectivity index (χ3v) is 10.2. The van der Waals surface area contributed by atoms with Gasteiger partial charge in [0.1, 0.15) is 31.6 Å². The molecule has 1 heterocycles. The predicted octanol–water partition coefficient (Wildman–Crippen LogP) is 5.36. The van der Waals surface area contributed by atoms with Crippen LogP contribution in [-0.2, 0) is 26.2 Å². The Labute approximate surface area is 264 Å². The molecule has 1 atom stereocenters. The van der Waals surface area contributed by atoms with Crippen LogP contribution in [0.1, 0.15) is 56.6 Å². The van der Waals surface area contributed by atoms with Crippen LogP contribution in [0.5, 0.6) is 11.5 Å². The first-order valence-corrected chi connectivity index (χ1v) is 16.9. The van der Waals surface area contributed by atoms with Crippen LogP contribution in [0.4, 0.5) is 10.1 Å². The molecule has 0 unspecified atom stereocenters. The third-order valence-electron chi connectivity index (χ3n) is 8.43. The van der Waals surface area contributed by atoms with E-state index in [-0.39, 0.29) is 41.4 Å². The number of carbonyl (C=O) groups is 2. The fourth-order valence-corrected chi connectivity index (χ4v) is 7.31. The van der Waals surface area contributed by atoms with Crippen molar-refractivity contribution in [1.82, 2.24) is 10.2 Å². The summed E-state index contributed by atoms with van der Waals surface area (Å²) in [6, 6.07) is 16.0. The fraction of sp³-hybridized carbons (Fsp3) is 0.412. The molecule has 0 radical (unpaired) electrons. The molecule has 0 spiro atoms. The Morgan fingerprint density at radius 3 is 2.33 bits per heavy atom. The molecule has 3 aromatic carbocycles. The number of carbonyl (C=O) groups excluding carboxylic acids is 2. The van der Waals surface area contributed by atoms with Gasteiger partial charge in [0, 0.05) is 18.7 Å². The molecule has 3 aromatic rings. The average Bonchev–Trinajstić information content (AvgIpc) is 3.05. The number of anilines is 1. The van der Waals surface area contributed by atoms with Crippen molar-refractivity contribution in [1.29, 1.82) is 0 Å². The van der Waals surface area contributed by atoms with Crippen LogP contribution in [0.2, 0.25) is 0 Å². The van der Waals surface area contributed by atoms with Gasteiger partial charge in [-0.3, -0.25) is 13.9 Å². The second kappa shape index (κ2) is 14.3. The molecular formula is C34H40FN3O6S. The fourth-order valence-electron chi connectivity index (χ4n) is 5.88. The minimum Gasteiger partial charge on any atom is -0.486 e. The maximum absolute atomic E-state index is 14.3. The smallest absolute Gasteiger partial charge is 0.264 e. The van der Waals surface area contributed by atoms with E-state index in [4.69, 9.17) is 9.47 Å². The number of rotatable bonds is 11. The molecule has 2 aliphatic rings. The third kappa shape index (κ3) is 7.58. The molecule has 2 amide bonds. The summed E-state index contributed by atoms with van der Waals surface area (Å²) in [5, 5.41) is 3.15. The number of halogens is 1. The monoisotopic (exact) mass is 637 g/mol. The maximum atomic E-state index is 14.3. The van der Waals surface area contributed by atoms with E-state index in [1.807, 2.05) is 38.1 Å². The first-order valence-electron chi connectivity index (χ1n) is 15.5. The van der Waals surface area contributed by atoms with Gasteiger partial charge in [-0.1, -0.05) is 50.5 Å². The van der Waals surface area contributed by atoms with Crippen LogP contribution in [0.15, 0.2) is 71.6 Å². The van der Waals surface area contributed by atoms with Gasteiger partial charge in [0.15, 0.2) is 11.5 Å². The second-order valence-electron chi connectivity index (χ2n) is 11.5. The molecule has 1 aliphatic heterocycles. The molecule has 45 heavy (non-hydrogen) atoms. The summed E-state index contributed by atoms with van der Waals surface area (Å²) in [4.78, 5) is 29.4. The Hall–Kier alpha value is -4.12. The number of hydrogen-bond acceptors (Lipinski definition) is 6. The number of nitrogens with one attached hydrogen (secondary N) is 1. The molecule has 1 saturated carbocycles. The van der Waals surface area contributed by atoms with E-state index in [1.54, 1.807) is 0 Å². The number of amides is 2. The number of fused-ring (bicyclic) bond motifs is 1. The van der Waals surface area contributed by atoms with E-state index in [1.165, 1.54) is 35.2 Å². The zero-order chi connectivity index (χ0) is 32.0. The van der Waals surface area contributed by atoms with Gasteiger partial charge in [0.25, 0.3) is 10.0 Å². The van der Waals surface area contributed by atoms with Crippen LogP contribution in [0.25, 0.3) is 0 Å². The molecule has 0 aromatic heterocycles. The van der Waals surface area contributed by atoms with Crippen molar-refractivity contribution in [3.8, 4) is 11.5 Å². The highest BCUT2D eigenvalue weighted by atomic mass is 32.2. The largest absolute Gasteiger partial charge is 0.486 e. The maximum Gasteiger partial charge on any atom is 0.264 e. The molecule has 1 aliphatic carbocycles. The van der Waals surface area contributed by atoms with Gasteiger partial charge in [-0.2, -0.15) is 0 Å². The summed E-state index contributed by atoms with van der Waals surface area (Å²) < 4.78 is 54.5. The summed E-state index contributed by atoms with van der Waals surface area (Å²) >= 11 is 0. The van der Waals surface area contributed by atoms with Crippen molar-refractivity contribution in [3.63, 3.8) is 0 Å². The number of sulfonamides is 1. The lowest BCUT2D eigenvalue weighted by Gasteiger charge is -2.34. The van der Waals surface area contributed by atoms with Gasteiger partial charge in [-0.05, 0) is 73.7 Å². The molecule has 0 saturated heterocycles. The van der Waals surface area contributed by atoms with Gasteiger partial charge >= 0.3 is 0 Å². The van der Waals surface area contributed by atoms with Crippen LogP contribution >= 0.6 is 0 Å². The van der Waals surface area contributed by atoms with E-state index in [9.17, 15) is 22.4 Å². The van der Waals surface area contributed by atoms with E-state index in [2.05, 4.69) is 5.32 Å². The Bertz CT molecular complexity index is 1610. The molecule has 0 bridgehead atoms. The highest BCUT2D eigenvalue weighted by Crippen LogP contribution is 2.34. The Balaban J connectivity index is 1.50. The predicted molar refractivity (Wildman–Crippen MR) is 169 cm³/mol. The van der Waals surface area contributed by atoms with Gasteiger partial charge in [0.2, 0.25) is 11.8 Å². The molecule has 11 heteroatoms. The Morgan fingerprint density at radius 1 is 0.956 bits per heavy atom. The van der Waals surface area contributed by atoms with E-state index in [0.717, 1.165) is 59.7 Å². The highest BCUT2D eigenvalue weighted by molar-refractivity contribution is 7.92. The summed E-state index contributed by atoms with van der Waals surface area (Å²) in [7, 11) is -4.36. The topological polar surface area (TPSA) is 105 Å². The first kappa shape index (κ1) is 32.3. The van der Waals surface area contributed by atoms with E-state index >= 15 is 0 Å². The van der Waals surface area contributed by atoms with Crippen LogP contribution in [0, 0.1) is 12.7 Å². The lowest BCUT2D eigenvalue weighted by Crippen LogP contribution is -2.54. The average molecular weight is 638 g/mol. The number of ether oxygens (including phenoxy) is 2. The standard InChI is InChI=1S/C34H40FN3O6S/c1-3-30(34(40)36-27-11-5-4-6-12-27)37(22-25-10-8-7-9-24(25)2)33(39)23-38(28-15-13-26(35)14-16-28)45(41,42)29-17-18-31-32(21-29)44-20-19-43-31/h7-10,13-18,21,27,30H,3-6,11-12,19-20,22-23H2,1-2H3,(H,36,40)/t30-/m1/s1. The molecule has 5 rings (SSSR count). The summed E-state index contributed by atoms with van der Waals surface area (Å²) in [5.41, 5.74) is 1.89. The quantitative estimate of drug-likeness (QED) is 0.304. The van der Waals surface area contributed by atoms with Gasteiger partial charge in [-0.25, -0.2) is 12.8 Å². The molecule has 240 valence electrons. The zero-order valence-electron chi connectivity index (χ0n) is 25.7. The van der Waals surface area contributed by atoms with Crippen molar-refractivity contribution in [2.45, 2.75) is 75.9 Å². The molecule has 9 nitrogen and oxygen atoms in total. The highest BCUT2D eigenvalue weighted by Gasteiger charge is 2.35. The second-order valence-corrected chi connectivity index (χ2v) is 13.4. The molecule has 1 fully saturated rings. The first-order chi connectivity index (χ1) is 21.7. The summed E-state index contributed by atoms with van der Waals surface area (Å²) in [5.74, 6) is -0.667. The van der Waals surface area contributed by atoms with E-state index < -0.39 is 34.3 Å². The normalized spacial score (nSPS) is 15.6. The number of nitrogens with zero attached hydrogens (tertiary/aromatic N) is 2. The minimum absolute atomic E-state index is 0.0435. The SMILES string of the molecule is CC[C@H](C(=O)NC1CCCCC1)N(Cc1ccccc1C)C(=O)CN(c1ccc(F)cc1)S(=O)(=O)c1ccc2c(c1)OCCO2. The summed E-state index contributed by atoms with van der Waals surface area (Å²) in [6.07, 6.45) is 5.33. The van der Waals surface area contributed by atoms with Crippen LogP contribution in [-0.4, -0.2) is 57.0 Å². The molecule has 1 N–H and O–H groups in total. The van der Waals surface area contributed by atoms with Gasteiger partial charge < -0.3 is 19.7 Å². The van der Waals surface area contributed by atoms with Crippen LogP contribution < -0.4 is 19.1 Å². The molecular weight excluding hydrogens is 597 g/mol. The number of hydrogen-bond donors (Lipinski definition) is 1. The van der Waals surface area contributed by atoms with Crippen molar-refractivity contribution >= 4 is 27.5 Å². The Morgan fingerprint density at radius 2 is 1.64 bits per heavy atom.